The van der Waals surface area contributed by atoms with Crippen molar-refractivity contribution < 1.29 is 4.79 Å². The van der Waals surface area contributed by atoms with E-state index in [-0.39, 0.29) is 5.91 Å². The molecule has 0 aliphatic rings. The van der Waals surface area contributed by atoms with E-state index in [0.29, 0.717) is 15.7 Å². The molecule has 0 aliphatic carbocycles. The molecular weight excluding hydrogens is 344 g/mol. The van der Waals surface area contributed by atoms with E-state index in [1.807, 2.05) is 36.5 Å². The molecule has 5 nitrogen and oxygen atoms in total. The second-order valence-corrected chi connectivity index (χ2v) is 6.55. The number of rotatable bonds is 3. The van der Waals surface area contributed by atoms with E-state index < -0.39 is 0 Å². The highest BCUT2D eigenvalue weighted by molar-refractivity contribution is 7.22. The highest BCUT2D eigenvalue weighted by Crippen LogP contribution is 2.28. The average Bonchev–Trinajstić information content (AvgIpc) is 3.23. The number of amides is 1. The van der Waals surface area contributed by atoms with E-state index in [9.17, 15) is 4.79 Å². The first-order valence-electron chi connectivity index (χ1n) is 7.16. The number of benzene rings is 2. The molecule has 118 valence electrons. The van der Waals surface area contributed by atoms with Crippen molar-refractivity contribution >= 4 is 44.2 Å². The Morgan fingerprint density at radius 2 is 2.08 bits per heavy atom. The van der Waals surface area contributed by atoms with Crippen molar-refractivity contribution in [3.63, 3.8) is 0 Å². The molecule has 0 atom stereocenters. The van der Waals surface area contributed by atoms with E-state index in [2.05, 4.69) is 15.4 Å². The van der Waals surface area contributed by atoms with Gasteiger partial charge in [-0.05, 0) is 42.5 Å². The lowest BCUT2D eigenvalue weighted by molar-refractivity contribution is 0.102. The smallest absolute Gasteiger partial charge is 0.257 e. The Hall–Kier alpha value is -2.70. The lowest BCUT2D eigenvalue weighted by Crippen LogP contribution is -2.12. The molecule has 0 saturated heterocycles. The lowest BCUT2D eigenvalue weighted by Gasteiger charge is -2.05. The number of nitrogens with zero attached hydrogens (tertiary/aromatic N) is 3. The van der Waals surface area contributed by atoms with Crippen LogP contribution in [0.1, 0.15) is 10.4 Å². The topological polar surface area (TPSA) is 59.8 Å². The number of fused-ring (bicyclic) bond motifs is 1. The van der Waals surface area contributed by atoms with Crippen LogP contribution in [-0.4, -0.2) is 20.7 Å². The van der Waals surface area contributed by atoms with Crippen molar-refractivity contribution in [1.29, 1.82) is 0 Å². The fraction of sp³-hybridized carbons (Fsp3) is 0. The first-order valence-corrected chi connectivity index (χ1v) is 8.36. The standard InChI is InChI=1S/C17H11ClN4OS/c18-12-5-6-14-15(10-12)24-17(20-14)21-16(23)11-3-1-4-13(9-11)22-8-2-7-19-22/h1-10H,(H,20,21,23). The van der Waals surface area contributed by atoms with E-state index >= 15 is 0 Å². The predicted molar refractivity (Wildman–Crippen MR) is 96.1 cm³/mol. The molecule has 7 heteroatoms. The number of nitrogens with one attached hydrogen (secondary N) is 1. The summed E-state index contributed by atoms with van der Waals surface area (Å²) >= 11 is 7.37. The molecule has 0 radical (unpaired) electrons. The van der Waals surface area contributed by atoms with Gasteiger partial charge in [-0.15, -0.1) is 0 Å². The van der Waals surface area contributed by atoms with Gasteiger partial charge < -0.3 is 0 Å². The number of anilines is 1. The van der Waals surface area contributed by atoms with Gasteiger partial charge in [0.05, 0.1) is 15.9 Å². The van der Waals surface area contributed by atoms with Gasteiger partial charge in [0.15, 0.2) is 5.13 Å². The van der Waals surface area contributed by atoms with Crippen molar-refractivity contribution in [1.82, 2.24) is 14.8 Å². The van der Waals surface area contributed by atoms with Crippen LogP contribution in [0.5, 0.6) is 0 Å². The summed E-state index contributed by atoms with van der Waals surface area (Å²) in [5.41, 5.74) is 2.18. The molecule has 1 amide bonds. The molecule has 2 heterocycles. The predicted octanol–water partition coefficient (Wildman–Crippen LogP) is 4.39. The second-order valence-electron chi connectivity index (χ2n) is 5.09. The fourth-order valence-electron chi connectivity index (χ4n) is 2.33. The Balaban J connectivity index is 1.60. The molecule has 0 fully saturated rings. The minimum Gasteiger partial charge on any atom is -0.298 e. The van der Waals surface area contributed by atoms with E-state index in [0.717, 1.165) is 15.9 Å². The van der Waals surface area contributed by atoms with Gasteiger partial charge in [-0.25, -0.2) is 9.67 Å². The van der Waals surface area contributed by atoms with Crippen LogP contribution in [-0.2, 0) is 0 Å². The van der Waals surface area contributed by atoms with Crippen LogP contribution in [0.3, 0.4) is 0 Å². The van der Waals surface area contributed by atoms with Crippen molar-refractivity contribution in [2.24, 2.45) is 0 Å². The highest BCUT2D eigenvalue weighted by Gasteiger charge is 2.11. The normalized spacial score (nSPS) is 10.9. The molecule has 0 unspecified atom stereocenters. The highest BCUT2D eigenvalue weighted by atomic mass is 35.5. The zero-order chi connectivity index (χ0) is 16.5. The Labute approximate surface area is 146 Å². The van der Waals surface area contributed by atoms with Crippen LogP contribution in [0.25, 0.3) is 15.9 Å². The van der Waals surface area contributed by atoms with Gasteiger partial charge in [-0.1, -0.05) is 29.0 Å². The largest absolute Gasteiger partial charge is 0.298 e. The van der Waals surface area contributed by atoms with Crippen molar-refractivity contribution in [2.75, 3.05) is 5.32 Å². The summed E-state index contributed by atoms with van der Waals surface area (Å²) in [4.78, 5) is 16.9. The summed E-state index contributed by atoms with van der Waals surface area (Å²) in [6.45, 7) is 0. The van der Waals surface area contributed by atoms with E-state index in [1.54, 1.807) is 29.1 Å². The van der Waals surface area contributed by atoms with Crippen molar-refractivity contribution in [2.45, 2.75) is 0 Å². The molecule has 2 aromatic heterocycles. The molecule has 0 spiro atoms. The molecule has 2 aromatic carbocycles. The van der Waals surface area contributed by atoms with Gasteiger partial charge in [0.25, 0.3) is 5.91 Å². The monoisotopic (exact) mass is 354 g/mol. The van der Waals surface area contributed by atoms with Crippen LogP contribution in [0.2, 0.25) is 5.02 Å². The number of carbonyl (C=O) groups is 1. The fourth-order valence-corrected chi connectivity index (χ4v) is 3.47. The molecule has 1 N–H and O–H groups in total. The van der Waals surface area contributed by atoms with Gasteiger partial charge in [-0.2, -0.15) is 5.10 Å². The Morgan fingerprint density at radius 1 is 1.17 bits per heavy atom. The maximum Gasteiger partial charge on any atom is 0.257 e. The number of aromatic nitrogens is 3. The molecular formula is C17H11ClN4OS. The van der Waals surface area contributed by atoms with E-state index in [1.165, 1.54) is 11.3 Å². The number of thiazole rings is 1. The SMILES string of the molecule is O=C(Nc1nc2ccc(Cl)cc2s1)c1cccc(-n2cccn2)c1. The summed E-state index contributed by atoms with van der Waals surface area (Å²) in [5.74, 6) is -0.214. The molecule has 4 aromatic rings. The van der Waals surface area contributed by atoms with Crippen LogP contribution in [0.4, 0.5) is 5.13 Å². The van der Waals surface area contributed by atoms with E-state index in [4.69, 9.17) is 11.6 Å². The summed E-state index contributed by atoms with van der Waals surface area (Å²) in [6, 6.07) is 14.5. The van der Waals surface area contributed by atoms with Crippen molar-refractivity contribution in [3.8, 4) is 5.69 Å². The Bertz CT molecular complexity index is 1030. The minimum absolute atomic E-state index is 0.214. The second kappa shape index (κ2) is 6.07. The minimum atomic E-state index is -0.214. The van der Waals surface area contributed by atoms with Crippen LogP contribution < -0.4 is 5.32 Å². The molecule has 0 saturated carbocycles. The molecule has 0 aliphatic heterocycles. The van der Waals surface area contributed by atoms with Crippen LogP contribution in [0.15, 0.2) is 60.9 Å². The first kappa shape index (κ1) is 14.9. The number of halogens is 1. The lowest BCUT2D eigenvalue weighted by atomic mass is 10.2. The van der Waals surface area contributed by atoms with Crippen LogP contribution >= 0.6 is 22.9 Å². The van der Waals surface area contributed by atoms with Crippen LogP contribution in [0, 0.1) is 0 Å². The quantitative estimate of drug-likeness (QED) is 0.593. The third-order valence-corrected chi connectivity index (χ3v) is 4.62. The van der Waals surface area contributed by atoms with Gasteiger partial charge in [-0.3, -0.25) is 10.1 Å². The zero-order valence-electron chi connectivity index (χ0n) is 12.3. The molecule has 0 bridgehead atoms. The third kappa shape index (κ3) is 2.89. The Kier molecular flexibility index (Phi) is 3.76. The molecule has 4 rings (SSSR count). The van der Waals surface area contributed by atoms with Crippen molar-refractivity contribution in [3.05, 3.63) is 71.5 Å². The summed E-state index contributed by atoms with van der Waals surface area (Å²) in [6.07, 6.45) is 3.52. The van der Waals surface area contributed by atoms with Gasteiger partial charge in [0.2, 0.25) is 0 Å². The van der Waals surface area contributed by atoms with Gasteiger partial charge in [0.1, 0.15) is 0 Å². The third-order valence-electron chi connectivity index (χ3n) is 3.45. The number of hydrogen-bond acceptors (Lipinski definition) is 4. The number of carbonyl (C=O) groups excluding carboxylic acids is 1. The first-order chi connectivity index (χ1) is 11.7. The van der Waals surface area contributed by atoms with Gasteiger partial charge >= 0.3 is 0 Å². The summed E-state index contributed by atoms with van der Waals surface area (Å²) in [7, 11) is 0. The maximum absolute atomic E-state index is 12.5. The summed E-state index contributed by atoms with van der Waals surface area (Å²) in [5, 5.41) is 8.20. The summed E-state index contributed by atoms with van der Waals surface area (Å²) < 4.78 is 2.64. The average molecular weight is 355 g/mol. The van der Waals surface area contributed by atoms with Gasteiger partial charge in [0, 0.05) is 23.0 Å². The molecule has 24 heavy (non-hydrogen) atoms. The maximum atomic E-state index is 12.5. The zero-order valence-corrected chi connectivity index (χ0v) is 13.9. The number of hydrogen-bond donors (Lipinski definition) is 1. The Morgan fingerprint density at radius 3 is 2.92 bits per heavy atom.